The molecule has 4 rings (SSSR count). The van der Waals surface area contributed by atoms with Crippen LogP contribution in [0.1, 0.15) is 16.1 Å². The topological polar surface area (TPSA) is 82.3 Å². The van der Waals surface area contributed by atoms with Crippen LogP contribution in [-0.2, 0) is 0 Å². The largest absolute Gasteiger partial charge is 0.496 e. The molecule has 0 unspecified atom stereocenters. The molecule has 7 nitrogen and oxygen atoms in total. The van der Waals surface area contributed by atoms with E-state index in [-0.39, 0.29) is 12.6 Å². The summed E-state index contributed by atoms with van der Waals surface area (Å²) in [6.07, 6.45) is 1.47. The van der Waals surface area contributed by atoms with Crippen molar-refractivity contribution >= 4 is 61.6 Å². The van der Waals surface area contributed by atoms with E-state index in [2.05, 4.69) is 49.0 Å². The number of ether oxygens (including phenoxy) is 3. The Morgan fingerprint density at radius 1 is 1.26 bits per heavy atom. The van der Waals surface area contributed by atoms with Crippen LogP contribution in [0, 0.1) is 3.57 Å². The highest BCUT2D eigenvalue weighted by Gasteiger charge is 2.17. The van der Waals surface area contributed by atoms with Crippen LogP contribution in [0.2, 0.25) is 0 Å². The van der Waals surface area contributed by atoms with Gasteiger partial charge in [-0.1, -0.05) is 15.9 Å². The van der Waals surface area contributed by atoms with Crippen LogP contribution in [-0.4, -0.2) is 26.0 Å². The third kappa shape index (κ3) is 3.61. The van der Waals surface area contributed by atoms with E-state index in [1.165, 1.54) is 6.21 Å². The molecule has 2 heterocycles. The van der Waals surface area contributed by atoms with Crippen molar-refractivity contribution < 1.29 is 23.4 Å². The van der Waals surface area contributed by atoms with Crippen LogP contribution in [0.5, 0.6) is 17.2 Å². The van der Waals surface area contributed by atoms with Crippen molar-refractivity contribution in [2.75, 3.05) is 13.9 Å². The summed E-state index contributed by atoms with van der Waals surface area (Å²) in [5.41, 5.74) is 3.76. The van der Waals surface area contributed by atoms with Crippen LogP contribution in [0.15, 0.2) is 44.3 Å². The fraction of sp³-hybridized carbons (Fsp3) is 0.111. The van der Waals surface area contributed by atoms with Gasteiger partial charge in [-0.3, -0.25) is 4.79 Å². The Morgan fingerprint density at radius 3 is 2.81 bits per heavy atom. The van der Waals surface area contributed by atoms with Gasteiger partial charge in [0.2, 0.25) is 6.79 Å². The predicted octanol–water partition coefficient (Wildman–Crippen LogP) is 4.30. The highest BCUT2D eigenvalue weighted by Crippen LogP contribution is 2.37. The number of hydrogen-bond acceptors (Lipinski definition) is 6. The summed E-state index contributed by atoms with van der Waals surface area (Å²) in [7, 11) is 1.54. The first-order chi connectivity index (χ1) is 13.0. The zero-order valence-corrected chi connectivity index (χ0v) is 17.7. The van der Waals surface area contributed by atoms with Gasteiger partial charge >= 0.3 is 5.91 Å². The van der Waals surface area contributed by atoms with E-state index in [0.29, 0.717) is 28.4 Å². The third-order valence-corrected chi connectivity index (χ3v) is 5.11. The Hall–Kier alpha value is -2.27. The monoisotopic (exact) mass is 542 g/mol. The van der Waals surface area contributed by atoms with Crippen LogP contribution < -0.4 is 19.6 Å². The Bertz CT molecular complexity index is 1080. The van der Waals surface area contributed by atoms with Crippen LogP contribution >= 0.6 is 38.5 Å². The minimum atomic E-state index is -0.450. The van der Waals surface area contributed by atoms with Crippen LogP contribution in [0.25, 0.3) is 11.0 Å². The lowest BCUT2D eigenvalue weighted by molar-refractivity contribution is 0.0929. The van der Waals surface area contributed by atoms with Gasteiger partial charge in [-0.2, -0.15) is 5.10 Å². The van der Waals surface area contributed by atoms with Gasteiger partial charge in [-0.15, -0.1) is 0 Å². The molecule has 0 spiro atoms. The lowest BCUT2D eigenvalue weighted by atomic mass is 10.2. The van der Waals surface area contributed by atoms with Crippen molar-refractivity contribution in [3.8, 4) is 17.2 Å². The first kappa shape index (κ1) is 18.1. The number of rotatable bonds is 4. The number of halogens is 2. The van der Waals surface area contributed by atoms with E-state index in [1.54, 1.807) is 25.3 Å². The molecular weight excluding hydrogens is 531 g/mol. The third-order valence-electron chi connectivity index (χ3n) is 3.85. The second-order valence-electron chi connectivity index (χ2n) is 5.56. The van der Waals surface area contributed by atoms with E-state index in [1.807, 2.05) is 12.1 Å². The molecule has 1 amide bonds. The zero-order chi connectivity index (χ0) is 19.0. The van der Waals surface area contributed by atoms with E-state index in [0.717, 1.165) is 13.4 Å². The quantitative estimate of drug-likeness (QED) is 0.302. The van der Waals surface area contributed by atoms with E-state index >= 15 is 0 Å². The van der Waals surface area contributed by atoms with Gasteiger partial charge in [0.25, 0.3) is 0 Å². The summed E-state index contributed by atoms with van der Waals surface area (Å²) >= 11 is 5.59. The van der Waals surface area contributed by atoms with Gasteiger partial charge in [0, 0.05) is 21.5 Å². The zero-order valence-electron chi connectivity index (χ0n) is 13.9. The molecule has 0 atom stereocenters. The van der Waals surface area contributed by atoms with Gasteiger partial charge < -0.3 is 18.6 Å². The summed E-state index contributed by atoms with van der Waals surface area (Å²) in [6, 6.07) is 8.92. The molecule has 0 aliphatic carbocycles. The molecule has 0 saturated heterocycles. The summed E-state index contributed by atoms with van der Waals surface area (Å²) in [4.78, 5) is 12.3. The van der Waals surface area contributed by atoms with Crippen molar-refractivity contribution in [1.82, 2.24) is 5.43 Å². The van der Waals surface area contributed by atoms with E-state index in [9.17, 15) is 4.79 Å². The predicted molar refractivity (Wildman–Crippen MR) is 111 cm³/mol. The molecular formula is C18H12BrIN2O5. The molecule has 1 aromatic heterocycles. The molecule has 3 aromatic rings. The fourth-order valence-corrected chi connectivity index (χ4v) is 4.28. The van der Waals surface area contributed by atoms with Gasteiger partial charge in [-0.05, 0) is 46.9 Å². The van der Waals surface area contributed by atoms with E-state index in [4.69, 9.17) is 18.6 Å². The lowest BCUT2D eigenvalue weighted by Crippen LogP contribution is -2.16. The molecule has 0 fully saturated rings. The average Bonchev–Trinajstić information content (AvgIpc) is 3.27. The smallest absolute Gasteiger partial charge is 0.307 e. The number of nitrogens with zero attached hydrogens (tertiary/aromatic N) is 1. The number of fused-ring (bicyclic) bond motifs is 2. The number of furan rings is 1. The number of methoxy groups -OCH3 is 1. The summed E-state index contributed by atoms with van der Waals surface area (Å²) in [5.74, 6) is 1.49. The number of carbonyl (C=O) groups is 1. The lowest BCUT2D eigenvalue weighted by Gasteiger charge is -2.05. The van der Waals surface area contributed by atoms with Crippen molar-refractivity contribution in [2.24, 2.45) is 5.10 Å². The number of carbonyl (C=O) groups excluding carboxylic acids is 1. The molecule has 1 N–H and O–H groups in total. The number of nitrogens with one attached hydrogen (secondary N) is 1. The van der Waals surface area contributed by atoms with Crippen molar-refractivity contribution in [1.29, 1.82) is 0 Å². The Morgan fingerprint density at radius 2 is 2.04 bits per heavy atom. The molecule has 2 aromatic carbocycles. The molecule has 1 aliphatic heterocycles. The van der Waals surface area contributed by atoms with Gasteiger partial charge in [0.15, 0.2) is 17.3 Å². The maximum absolute atomic E-state index is 12.3. The molecule has 138 valence electrons. The van der Waals surface area contributed by atoms with Crippen molar-refractivity contribution in [3.05, 3.63) is 49.7 Å². The number of hydrogen-bond donors (Lipinski definition) is 1. The minimum Gasteiger partial charge on any atom is -0.496 e. The number of benzene rings is 2. The highest BCUT2D eigenvalue weighted by atomic mass is 127. The van der Waals surface area contributed by atoms with Crippen LogP contribution in [0.4, 0.5) is 0 Å². The Labute approximate surface area is 175 Å². The van der Waals surface area contributed by atoms with E-state index < -0.39 is 5.91 Å². The van der Waals surface area contributed by atoms with Gasteiger partial charge in [0.1, 0.15) is 11.3 Å². The molecule has 0 radical (unpaired) electrons. The second kappa shape index (κ2) is 7.39. The molecule has 1 aliphatic rings. The van der Waals surface area contributed by atoms with Crippen LogP contribution in [0.3, 0.4) is 0 Å². The summed E-state index contributed by atoms with van der Waals surface area (Å²) < 4.78 is 23.4. The van der Waals surface area contributed by atoms with Gasteiger partial charge in [0.05, 0.1) is 16.9 Å². The first-order valence-corrected chi connectivity index (χ1v) is 9.62. The molecule has 0 bridgehead atoms. The maximum atomic E-state index is 12.3. The average molecular weight is 543 g/mol. The first-order valence-electron chi connectivity index (χ1n) is 7.75. The molecule has 9 heteroatoms. The number of amides is 1. The highest BCUT2D eigenvalue weighted by molar-refractivity contribution is 14.1. The Kier molecular flexibility index (Phi) is 4.96. The standard InChI is InChI=1S/C18H12BrIN2O5/c1-24-13-6-15-14(25-8-26-15)4-10(13)7-21-22-18(23)16-3-9-2-11(19)5-12(20)17(9)27-16/h2-7H,8H2,1H3,(H,22,23)/b21-7-. The summed E-state index contributed by atoms with van der Waals surface area (Å²) in [5, 5.41) is 4.82. The SMILES string of the molecule is COc1cc2c(cc1/C=N\NC(=O)c1cc3cc(Br)cc(I)c3o1)OCO2. The second-order valence-corrected chi connectivity index (χ2v) is 7.64. The van der Waals surface area contributed by atoms with Crippen molar-refractivity contribution in [3.63, 3.8) is 0 Å². The molecule has 0 saturated carbocycles. The van der Waals surface area contributed by atoms with Gasteiger partial charge in [-0.25, -0.2) is 5.43 Å². The van der Waals surface area contributed by atoms with Crippen molar-refractivity contribution in [2.45, 2.75) is 0 Å². The minimum absolute atomic E-state index is 0.163. The number of hydrazone groups is 1. The maximum Gasteiger partial charge on any atom is 0.307 e. The fourth-order valence-electron chi connectivity index (χ4n) is 2.62. The summed E-state index contributed by atoms with van der Waals surface area (Å²) in [6.45, 7) is 0.163. The molecule has 27 heavy (non-hydrogen) atoms. The normalized spacial score (nSPS) is 12.7. The Balaban J connectivity index is 1.53.